The topological polar surface area (TPSA) is 80.4 Å². The van der Waals surface area contributed by atoms with Crippen molar-refractivity contribution in [2.75, 3.05) is 0 Å². The summed E-state index contributed by atoms with van der Waals surface area (Å²) < 4.78 is 25.2. The molecule has 0 saturated heterocycles. The van der Waals surface area contributed by atoms with Gasteiger partial charge in [-0.1, -0.05) is 0 Å². The molecule has 80 valence electrons. The Morgan fingerprint density at radius 1 is 1.47 bits per heavy atom. The van der Waals surface area contributed by atoms with E-state index in [-0.39, 0.29) is 0 Å². The summed E-state index contributed by atoms with van der Waals surface area (Å²) in [5.74, 6) is -4.89. The standard InChI is InChI=1S/C7H2BrF2NO4/c8-4-2(7(12)13)1-3(11(14)15)5(9)6(4)10/h1H,(H,12,13). The van der Waals surface area contributed by atoms with Crippen LogP contribution < -0.4 is 0 Å². The summed E-state index contributed by atoms with van der Waals surface area (Å²) in [6.45, 7) is 0. The summed E-state index contributed by atoms with van der Waals surface area (Å²) >= 11 is 2.50. The van der Waals surface area contributed by atoms with Crippen LogP contribution in [0.25, 0.3) is 0 Å². The Labute approximate surface area is 89.6 Å². The fourth-order valence-corrected chi connectivity index (χ4v) is 1.34. The molecule has 1 aromatic rings. The minimum absolute atomic E-state index is 0.449. The molecule has 5 nitrogen and oxygen atoms in total. The molecule has 0 spiro atoms. The number of hydrogen-bond donors (Lipinski definition) is 1. The van der Waals surface area contributed by atoms with E-state index in [0.717, 1.165) is 0 Å². The molecule has 0 heterocycles. The lowest BCUT2D eigenvalue weighted by atomic mass is 10.2. The van der Waals surface area contributed by atoms with Crippen LogP contribution in [0, 0.1) is 21.7 Å². The van der Waals surface area contributed by atoms with E-state index in [1.54, 1.807) is 0 Å². The van der Waals surface area contributed by atoms with E-state index in [1.807, 2.05) is 0 Å². The first-order valence-electron chi connectivity index (χ1n) is 3.41. The second-order valence-corrected chi connectivity index (χ2v) is 3.24. The maximum atomic E-state index is 13.0. The van der Waals surface area contributed by atoms with Crippen molar-refractivity contribution >= 4 is 27.6 Å². The van der Waals surface area contributed by atoms with Crippen molar-refractivity contribution in [3.8, 4) is 0 Å². The molecule has 0 aliphatic heterocycles. The van der Waals surface area contributed by atoms with Crippen molar-refractivity contribution in [1.29, 1.82) is 0 Å². The number of carboxylic acid groups (broad SMARTS) is 1. The Hall–Kier alpha value is -1.57. The van der Waals surface area contributed by atoms with Crippen LogP contribution in [0.3, 0.4) is 0 Å². The fraction of sp³-hybridized carbons (Fsp3) is 0. The van der Waals surface area contributed by atoms with Crippen molar-refractivity contribution in [3.63, 3.8) is 0 Å². The average molecular weight is 282 g/mol. The van der Waals surface area contributed by atoms with Gasteiger partial charge in [-0.2, -0.15) is 4.39 Å². The number of benzene rings is 1. The molecule has 0 radical (unpaired) electrons. The largest absolute Gasteiger partial charge is 0.478 e. The number of nitro benzene ring substituents is 1. The van der Waals surface area contributed by atoms with E-state index < -0.39 is 38.3 Å². The predicted octanol–water partition coefficient (Wildman–Crippen LogP) is 2.33. The minimum Gasteiger partial charge on any atom is -0.478 e. The number of carbonyl (C=O) groups is 1. The Kier molecular flexibility index (Phi) is 2.98. The third-order valence-corrected chi connectivity index (χ3v) is 2.33. The van der Waals surface area contributed by atoms with Crippen molar-refractivity contribution in [3.05, 3.63) is 37.9 Å². The Morgan fingerprint density at radius 2 is 2.00 bits per heavy atom. The van der Waals surface area contributed by atoms with Gasteiger partial charge in [0.1, 0.15) is 0 Å². The van der Waals surface area contributed by atoms with Crippen molar-refractivity contribution in [2.45, 2.75) is 0 Å². The lowest BCUT2D eigenvalue weighted by molar-refractivity contribution is -0.387. The number of nitrogens with zero attached hydrogens (tertiary/aromatic N) is 1. The third kappa shape index (κ3) is 1.94. The van der Waals surface area contributed by atoms with Gasteiger partial charge in [-0.25, -0.2) is 9.18 Å². The van der Waals surface area contributed by atoms with Gasteiger partial charge in [-0.15, -0.1) is 0 Å². The minimum atomic E-state index is -1.70. The zero-order valence-corrected chi connectivity index (χ0v) is 8.42. The molecule has 0 aliphatic rings. The molecule has 0 unspecified atom stereocenters. The lowest BCUT2D eigenvalue weighted by Gasteiger charge is -2.02. The van der Waals surface area contributed by atoms with Crippen LogP contribution in [0.1, 0.15) is 10.4 Å². The number of rotatable bonds is 2. The molecular formula is C7H2BrF2NO4. The van der Waals surface area contributed by atoms with E-state index in [1.165, 1.54) is 0 Å². The molecular weight excluding hydrogens is 280 g/mol. The summed E-state index contributed by atoms with van der Waals surface area (Å²) in [6.07, 6.45) is 0. The van der Waals surface area contributed by atoms with Crippen LogP contribution in [-0.2, 0) is 0 Å². The van der Waals surface area contributed by atoms with E-state index in [0.29, 0.717) is 6.07 Å². The molecule has 0 aromatic heterocycles. The van der Waals surface area contributed by atoms with E-state index in [2.05, 4.69) is 15.9 Å². The number of hydrogen-bond acceptors (Lipinski definition) is 3. The van der Waals surface area contributed by atoms with Gasteiger partial charge in [0, 0.05) is 6.07 Å². The third-order valence-electron chi connectivity index (χ3n) is 1.55. The summed E-state index contributed by atoms with van der Waals surface area (Å²) in [6, 6.07) is 0.449. The molecule has 0 aliphatic carbocycles. The number of carboxylic acids is 1. The van der Waals surface area contributed by atoms with E-state index >= 15 is 0 Å². The fourth-order valence-electron chi connectivity index (χ4n) is 0.879. The lowest BCUT2D eigenvalue weighted by Crippen LogP contribution is -2.05. The molecule has 0 atom stereocenters. The monoisotopic (exact) mass is 281 g/mol. The molecule has 1 rings (SSSR count). The SMILES string of the molecule is O=C(O)c1cc([N+](=O)[O-])c(F)c(F)c1Br. The zero-order chi connectivity index (χ0) is 11.7. The van der Waals surface area contributed by atoms with Gasteiger partial charge in [0.15, 0.2) is 5.82 Å². The van der Waals surface area contributed by atoms with E-state index in [4.69, 9.17) is 5.11 Å². The van der Waals surface area contributed by atoms with Crippen LogP contribution in [0.4, 0.5) is 14.5 Å². The summed E-state index contributed by atoms with van der Waals surface area (Å²) in [5, 5.41) is 18.8. The molecule has 15 heavy (non-hydrogen) atoms. The number of aromatic carboxylic acids is 1. The van der Waals surface area contributed by atoms with Gasteiger partial charge in [0.05, 0.1) is 15.0 Å². The van der Waals surface area contributed by atoms with Crippen LogP contribution in [0.5, 0.6) is 0 Å². The smallest absolute Gasteiger partial charge is 0.337 e. The first kappa shape index (κ1) is 11.5. The maximum Gasteiger partial charge on any atom is 0.337 e. The Balaban J connectivity index is 3.59. The van der Waals surface area contributed by atoms with Gasteiger partial charge < -0.3 is 5.11 Å². The van der Waals surface area contributed by atoms with Crippen LogP contribution in [-0.4, -0.2) is 16.0 Å². The van der Waals surface area contributed by atoms with Crippen LogP contribution >= 0.6 is 15.9 Å². The zero-order valence-electron chi connectivity index (χ0n) is 6.83. The first-order valence-corrected chi connectivity index (χ1v) is 4.20. The van der Waals surface area contributed by atoms with Gasteiger partial charge in [0.2, 0.25) is 5.82 Å². The summed E-state index contributed by atoms with van der Waals surface area (Å²) in [5.41, 5.74) is -1.92. The van der Waals surface area contributed by atoms with Crippen molar-refractivity contribution in [2.24, 2.45) is 0 Å². The molecule has 0 fully saturated rings. The average Bonchev–Trinajstić information content (AvgIpc) is 2.13. The highest BCUT2D eigenvalue weighted by Crippen LogP contribution is 2.29. The highest BCUT2D eigenvalue weighted by atomic mass is 79.9. The first-order chi connectivity index (χ1) is 6.86. The number of halogens is 3. The van der Waals surface area contributed by atoms with Crippen molar-refractivity contribution < 1.29 is 23.6 Å². The molecule has 1 aromatic carbocycles. The van der Waals surface area contributed by atoms with E-state index in [9.17, 15) is 23.7 Å². The molecule has 1 N–H and O–H groups in total. The second-order valence-electron chi connectivity index (χ2n) is 2.45. The second kappa shape index (κ2) is 3.89. The summed E-state index contributed by atoms with van der Waals surface area (Å²) in [4.78, 5) is 19.6. The summed E-state index contributed by atoms with van der Waals surface area (Å²) in [7, 11) is 0. The van der Waals surface area contributed by atoms with Crippen LogP contribution in [0.15, 0.2) is 10.5 Å². The quantitative estimate of drug-likeness (QED) is 0.513. The van der Waals surface area contributed by atoms with Gasteiger partial charge >= 0.3 is 11.7 Å². The predicted molar refractivity (Wildman–Crippen MR) is 47.7 cm³/mol. The van der Waals surface area contributed by atoms with Crippen molar-refractivity contribution in [1.82, 2.24) is 0 Å². The molecule has 0 amide bonds. The highest BCUT2D eigenvalue weighted by Gasteiger charge is 2.26. The molecule has 0 saturated carbocycles. The van der Waals surface area contributed by atoms with Gasteiger partial charge in [0.25, 0.3) is 0 Å². The normalized spacial score (nSPS) is 10.1. The molecule has 0 bridgehead atoms. The Morgan fingerprint density at radius 3 is 2.40 bits per heavy atom. The highest BCUT2D eigenvalue weighted by molar-refractivity contribution is 9.10. The van der Waals surface area contributed by atoms with Crippen LogP contribution in [0.2, 0.25) is 0 Å². The maximum absolute atomic E-state index is 13.0. The Bertz CT molecular complexity index is 425. The van der Waals surface area contributed by atoms with Gasteiger partial charge in [-0.05, 0) is 15.9 Å². The number of nitro groups is 1. The van der Waals surface area contributed by atoms with Gasteiger partial charge in [-0.3, -0.25) is 10.1 Å². The molecule has 8 heteroatoms.